The average molecular weight is 200 g/mol. The second-order valence-electron chi connectivity index (χ2n) is 2.31. The summed E-state index contributed by atoms with van der Waals surface area (Å²) >= 11 is 0. The van der Waals surface area contributed by atoms with E-state index in [1.54, 1.807) is 6.20 Å². The van der Waals surface area contributed by atoms with Crippen molar-refractivity contribution in [1.82, 2.24) is 14.5 Å². The van der Waals surface area contributed by atoms with Crippen molar-refractivity contribution in [2.75, 3.05) is 0 Å². The van der Waals surface area contributed by atoms with Gasteiger partial charge in [-0.15, -0.1) is 12.4 Å². The highest BCUT2D eigenvalue weighted by Gasteiger charge is 2.03. The van der Waals surface area contributed by atoms with Gasteiger partial charge in [-0.2, -0.15) is 0 Å². The minimum atomic E-state index is -1.02. The zero-order chi connectivity index (χ0) is 8.55. The molecule has 0 amide bonds. The highest BCUT2D eigenvalue weighted by Crippen LogP contribution is 2.09. The average Bonchev–Trinajstić information content (AvgIpc) is 2.46. The molecule has 0 aromatic carbocycles. The van der Waals surface area contributed by atoms with E-state index in [1.807, 2.05) is 0 Å². The quantitative estimate of drug-likeness (QED) is 0.696. The first-order chi connectivity index (χ1) is 5.77. The van der Waals surface area contributed by atoms with E-state index in [0.29, 0.717) is 5.52 Å². The summed E-state index contributed by atoms with van der Waals surface area (Å²) in [7, 11) is 0. The SMILES string of the molecule is Cl.O=C(O)n1cc2cncnc2c1. The Balaban J connectivity index is 0.000000845. The van der Waals surface area contributed by atoms with Crippen LogP contribution in [0.15, 0.2) is 24.9 Å². The number of rotatable bonds is 0. The van der Waals surface area contributed by atoms with Crippen LogP contribution < -0.4 is 0 Å². The summed E-state index contributed by atoms with van der Waals surface area (Å²) in [5, 5.41) is 9.32. The van der Waals surface area contributed by atoms with E-state index in [-0.39, 0.29) is 12.4 Å². The molecule has 0 fully saturated rings. The van der Waals surface area contributed by atoms with Crippen LogP contribution in [-0.4, -0.2) is 25.7 Å². The number of hydrogen-bond acceptors (Lipinski definition) is 3. The zero-order valence-corrected chi connectivity index (χ0v) is 7.23. The molecule has 0 unspecified atom stereocenters. The van der Waals surface area contributed by atoms with Crippen LogP contribution in [0.5, 0.6) is 0 Å². The van der Waals surface area contributed by atoms with Gasteiger partial charge in [-0.3, -0.25) is 4.57 Å². The molecule has 0 spiro atoms. The lowest BCUT2D eigenvalue weighted by Crippen LogP contribution is -2.03. The van der Waals surface area contributed by atoms with E-state index < -0.39 is 6.09 Å². The standard InChI is InChI=1S/C7H5N3O2.ClH/c11-7(12)10-2-5-1-8-4-9-6(5)3-10;/h1-4H,(H,11,12);1H. The van der Waals surface area contributed by atoms with Gasteiger partial charge in [-0.05, 0) is 0 Å². The van der Waals surface area contributed by atoms with Crippen molar-refractivity contribution < 1.29 is 9.90 Å². The highest BCUT2D eigenvalue weighted by atomic mass is 35.5. The van der Waals surface area contributed by atoms with Gasteiger partial charge in [0.1, 0.15) is 6.33 Å². The third-order valence-electron chi connectivity index (χ3n) is 1.53. The molecule has 0 atom stereocenters. The van der Waals surface area contributed by atoms with Crippen LogP contribution in [0.25, 0.3) is 10.9 Å². The molecule has 0 aliphatic heterocycles. The summed E-state index contributed by atoms with van der Waals surface area (Å²) in [4.78, 5) is 18.1. The fourth-order valence-corrected chi connectivity index (χ4v) is 0.986. The van der Waals surface area contributed by atoms with Crippen LogP contribution in [0, 0.1) is 0 Å². The van der Waals surface area contributed by atoms with Crippen LogP contribution in [-0.2, 0) is 0 Å². The molecule has 5 nitrogen and oxygen atoms in total. The monoisotopic (exact) mass is 199 g/mol. The highest BCUT2D eigenvalue weighted by molar-refractivity contribution is 5.85. The first-order valence-corrected chi connectivity index (χ1v) is 3.28. The molecule has 2 heterocycles. The lowest BCUT2D eigenvalue weighted by atomic mass is 10.4. The number of carbonyl (C=O) groups is 1. The summed E-state index contributed by atoms with van der Waals surface area (Å²) < 4.78 is 1.05. The summed E-state index contributed by atoms with van der Waals surface area (Å²) in [6.07, 6.45) is 4.85. The minimum absolute atomic E-state index is 0. The van der Waals surface area contributed by atoms with Crippen LogP contribution in [0.4, 0.5) is 4.79 Å². The third-order valence-corrected chi connectivity index (χ3v) is 1.53. The molecular formula is C7H6ClN3O2. The number of aromatic nitrogens is 3. The van der Waals surface area contributed by atoms with E-state index in [9.17, 15) is 4.79 Å². The molecule has 0 aliphatic carbocycles. The van der Waals surface area contributed by atoms with Gasteiger partial charge < -0.3 is 5.11 Å². The maximum atomic E-state index is 10.5. The predicted molar refractivity (Wildman–Crippen MR) is 48.2 cm³/mol. The molecular weight excluding hydrogens is 194 g/mol. The summed E-state index contributed by atoms with van der Waals surface area (Å²) in [5.41, 5.74) is 0.632. The van der Waals surface area contributed by atoms with Gasteiger partial charge in [0.05, 0.1) is 5.52 Å². The summed E-state index contributed by atoms with van der Waals surface area (Å²) in [6.45, 7) is 0. The van der Waals surface area contributed by atoms with Crippen molar-refractivity contribution in [3.8, 4) is 0 Å². The molecule has 1 N–H and O–H groups in total. The predicted octanol–water partition coefficient (Wildman–Crippen LogP) is 1.38. The van der Waals surface area contributed by atoms with Crippen LogP contribution in [0.3, 0.4) is 0 Å². The number of carboxylic acid groups (broad SMARTS) is 1. The van der Waals surface area contributed by atoms with E-state index >= 15 is 0 Å². The largest absolute Gasteiger partial charge is 0.464 e. The first-order valence-electron chi connectivity index (χ1n) is 3.28. The maximum absolute atomic E-state index is 10.5. The topological polar surface area (TPSA) is 68.0 Å². The van der Waals surface area contributed by atoms with Crippen molar-refractivity contribution in [3.63, 3.8) is 0 Å². The van der Waals surface area contributed by atoms with Crippen molar-refractivity contribution in [2.45, 2.75) is 0 Å². The molecule has 13 heavy (non-hydrogen) atoms. The molecule has 0 radical (unpaired) electrons. The molecule has 2 aromatic rings. The molecule has 0 bridgehead atoms. The Labute approximate surface area is 79.4 Å². The van der Waals surface area contributed by atoms with Crippen molar-refractivity contribution >= 4 is 29.4 Å². The van der Waals surface area contributed by atoms with Crippen molar-refractivity contribution in [2.24, 2.45) is 0 Å². The maximum Gasteiger partial charge on any atom is 0.415 e. The van der Waals surface area contributed by atoms with Gasteiger partial charge in [0.15, 0.2) is 0 Å². The molecule has 68 valence electrons. The van der Waals surface area contributed by atoms with Gasteiger partial charge in [0.2, 0.25) is 0 Å². The van der Waals surface area contributed by atoms with E-state index in [0.717, 1.165) is 9.95 Å². The molecule has 0 saturated heterocycles. The summed E-state index contributed by atoms with van der Waals surface area (Å²) in [6, 6.07) is 0. The van der Waals surface area contributed by atoms with Gasteiger partial charge in [-0.25, -0.2) is 14.8 Å². The Hall–Kier alpha value is -1.62. The Morgan fingerprint density at radius 1 is 1.46 bits per heavy atom. The van der Waals surface area contributed by atoms with Gasteiger partial charge in [-0.1, -0.05) is 0 Å². The molecule has 2 aromatic heterocycles. The van der Waals surface area contributed by atoms with Crippen molar-refractivity contribution in [3.05, 3.63) is 24.9 Å². The minimum Gasteiger partial charge on any atom is -0.464 e. The van der Waals surface area contributed by atoms with E-state index in [4.69, 9.17) is 5.11 Å². The second-order valence-corrected chi connectivity index (χ2v) is 2.31. The lowest BCUT2D eigenvalue weighted by Gasteiger charge is -1.87. The van der Waals surface area contributed by atoms with Crippen LogP contribution in [0.1, 0.15) is 0 Å². The Kier molecular flexibility index (Phi) is 2.48. The zero-order valence-electron chi connectivity index (χ0n) is 6.41. The summed E-state index contributed by atoms with van der Waals surface area (Å²) in [5.74, 6) is 0. The van der Waals surface area contributed by atoms with Gasteiger partial charge in [0.25, 0.3) is 0 Å². The Bertz CT molecular complexity index is 407. The van der Waals surface area contributed by atoms with Crippen LogP contribution >= 0.6 is 12.4 Å². The number of fused-ring (bicyclic) bond motifs is 1. The van der Waals surface area contributed by atoms with Gasteiger partial charge in [0, 0.05) is 24.0 Å². The van der Waals surface area contributed by atoms with Crippen molar-refractivity contribution in [1.29, 1.82) is 0 Å². The lowest BCUT2D eigenvalue weighted by molar-refractivity contribution is 0.196. The van der Waals surface area contributed by atoms with E-state index in [2.05, 4.69) is 9.97 Å². The first kappa shape index (κ1) is 9.47. The molecule has 0 saturated carbocycles. The van der Waals surface area contributed by atoms with E-state index in [1.165, 1.54) is 18.7 Å². The molecule has 0 aliphatic rings. The van der Waals surface area contributed by atoms with Gasteiger partial charge >= 0.3 is 6.09 Å². The fourth-order valence-electron chi connectivity index (χ4n) is 0.986. The Morgan fingerprint density at radius 2 is 2.23 bits per heavy atom. The smallest absolute Gasteiger partial charge is 0.415 e. The Morgan fingerprint density at radius 3 is 2.85 bits per heavy atom. The third kappa shape index (κ3) is 1.59. The normalized spacial score (nSPS) is 9.54. The number of hydrogen-bond donors (Lipinski definition) is 1. The molecule has 2 rings (SSSR count). The number of nitrogens with zero attached hydrogens (tertiary/aromatic N) is 3. The number of halogens is 1. The molecule has 6 heteroatoms. The fraction of sp³-hybridized carbons (Fsp3) is 0. The second kappa shape index (κ2) is 3.40. The van der Waals surface area contributed by atoms with Crippen LogP contribution in [0.2, 0.25) is 0 Å².